The van der Waals surface area contributed by atoms with Gasteiger partial charge < -0.3 is 19.6 Å². The van der Waals surface area contributed by atoms with Crippen molar-refractivity contribution in [3.05, 3.63) is 94.2 Å². The van der Waals surface area contributed by atoms with Gasteiger partial charge in [-0.25, -0.2) is 4.90 Å². The number of H-pyrrole nitrogens is 1. The van der Waals surface area contributed by atoms with Gasteiger partial charge in [0.05, 0.1) is 22.4 Å². The summed E-state index contributed by atoms with van der Waals surface area (Å²) in [5.74, 6) is -4.11. The van der Waals surface area contributed by atoms with Crippen LogP contribution in [0, 0.1) is 22.0 Å². The van der Waals surface area contributed by atoms with Crippen molar-refractivity contribution in [3.63, 3.8) is 0 Å². The highest BCUT2D eigenvalue weighted by atomic mass is 16.6. The van der Waals surface area contributed by atoms with Crippen LogP contribution in [0.25, 0.3) is 10.9 Å². The lowest BCUT2D eigenvalue weighted by molar-refractivity contribution is -0.384. The third kappa shape index (κ3) is 3.75. The van der Waals surface area contributed by atoms with Crippen LogP contribution in [0.3, 0.4) is 0 Å². The van der Waals surface area contributed by atoms with Crippen LogP contribution in [-0.2, 0) is 20.8 Å². The Morgan fingerprint density at radius 1 is 1.02 bits per heavy atom. The zero-order valence-electron chi connectivity index (χ0n) is 22.0. The number of nitrogens with one attached hydrogen (secondary N) is 2. The minimum absolute atomic E-state index is 0.0147. The van der Waals surface area contributed by atoms with Gasteiger partial charge in [0.15, 0.2) is 11.5 Å². The first kappa shape index (κ1) is 25.7. The van der Waals surface area contributed by atoms with Gasteiger partial charge in [-0.3, -0.25) is 29.8 Å². The van der Waals surface area contributed by atoms with Crippen molar-refractivity contribution in [2.75, 3.05) is 18.1 Å². The summed E-state index contributed by atoms with van der Waals surface area (Å²) < 4.78 is 11.4. The van der Waals surface area contributed by atoms with Gasteiger partial charge in [0.2, 0.25) is 11.8 Å². The summed E-state index contributed by atoms with van der Waals surface area (Å²) in [5, 5.41) is 26.3. The van der Waals surface area contributed by atoms with Gasteiger partial charge in [0.1, 0.15) is 18.8 Å². The Hall–Kier alpha value is -5.23. The Kier molecular flexibility index (Phi) is 5.77. The third-order valence-electron chi connectivity index (χ3n) is 8.40. The number of carbonyl (C=O) groups excluding carboxylic acids is 2. The first-order chi connectivity index (χ1) is 20.3. The number of non-ortho nitro benzene ring substituents is 1. The molecule has 1 aromatic heterocycles. The standard InChI is InChI=1S/C30H24N4O8/c35-27-24-25(28(36)33(27)18-4-3-5-19(13-18)34(39)40)30(29(37)38,14-17-15-31-21-7-2-1-6-20(17)21)32-26(24)16-8-9-22-23(12-16)42-11-10-41-22/h1-9,12-13,15,24-26,31-32H,10-11,14H2,(H,37,38). The topological polar surface area (TPSA) is 164 Å². The van der Waals surface area contributed by atoms with Crippen LogP contribution in [0.2, 0.25) is 0 Å². The Balaban J connectivity index is 1.38. The number of ether oxygens (including phenoxy) is 2. The molecule has 12 heteroatoms. The van der Waals surface area contributed by atoms with E-state index in [1.165, 1.54) is 18.2 Å². The van der Waals surface area contributed by atoms with Crippen LogP contribution >= 0.6 is 0 Å². The molecule has 2 saturated heterocycles. The zero-order chi connectivity index (χ0) is 29.2. The molecule has 212 valence electrons. The van der Waals surface area contributed by atoms with E-state index in [9.17, 15) is 29.6 Å². The molecule has 0 bridgehead atoms. The number of para-hydroxylation sites is 1. The van der Waals surface area contributed by atoms with Crippen molar-refractivity contribution in [2.24, 2.45) is 11.8 Å². The van der Waals surface area contributed by atoms with Crippen molar-refractivity contribution < 1.29 is 33.9 Å². The van der Waals surface area contributed by atoms with Crippen LogP contribution in [0.1, 0.15) is 17.2 Å². The summed E-state index contributed by atoms with van der Waals surface area (Å²) in [7, 11) is 0. The van der Waals surface area contributed by atoms with E-state index >= 15 is 0 Å². The molecule has 2 amide bonds. The number of aromatic nitrogens is 1. The third-order valence-corrected chi connectivity index (χ3v) is 8.40. The molecule has 3 aliphatic heterocycles. The Labute approximate surface area is 238 Å². The number of nitrogens with zero attached hydrogens (tertiary/aromatic N) is 2. The number of amides is 2. The van der Waals surface area contributed by atoms with Gasteiger partial charge in [0, 0.05) is 41.7 Å². The molecule has 0 spiro atoms. The highest BCUT2D eigenvalue weighted by Gasteiger charge is 2.68. The maximum absolute atomic E-state index is 14.2. The number of aliphatic carboxylic acids is 1. The Bertz CT molecular complexity index is 1800. The van der Waals surface area contributed by atoms with E-state index in [1.807, 2.05) is 24.3 Å². The number of nitro groups is 1. The number of anilines is 1. The fourth-order valence-electron chi connectivity index (χ4n) is 6.56. The van der Waals surface area contributed by atoms with Crippen LogP contribution in [0.5, 0.6) is 11.5 Å². The number of hydrogen-bond acceptors (Lipinski definition) is 8. The molecule has 3 aliphatic rings. The minimum Gasteiger partial charge on any atom is -0.486 e. The normalized spacial score (nSPS) is 24.7. The second-order valence-corrected chi connectivity index (χ2v) is 10.6. The number of imide groups is 1. The molecule has 4 unspecified atom stereocenters. The molecule has 4 aromatic rings. The predicted octanol–water partition coefficient (Wildman–Crippen LogP) is 3.36. The van der Waals surface area contributed by atoms with E-state index in [2.05, 4.69) is 10.3 Å². The Morgan fingerprint density at radius 2 is 1.81 bits per heavy atom. The second-order valence-electron chi connectivity index (χ2n) is 10.6. The Morgan fingerprint density at radius 3 is 2.60 bits per heavy atom. The van der Waals surface area contributed by atoms with Gasteiger partial charge in [-0.1, -0.05) is 30.3 Å². The number of fused-ring (bicyclic) bond motifs is 3. The molecule has 3 aromatic carbocycles. The van der Waals surface area contributed by atoms with Crippen molar-refractivity contribution in [2.45, 2.75) is 18.0 Å². The SMILES string of the molecule is O=C1C2C(c3ccc4c(c3)OCCO4)NC(Cc3c[nH]c4ccccc34)(C(=O)O)C2C(=O)N1c1cccc([N+](=O)[O-])c1. The lowest BCUT2D eigenvalue weighted by Gasteiger charge is -2.31. The van der Waals surface area contributed by atoms with Crippen molar-refractivity contribution in [3.8, 4) is 11.5 Å². The number of rotatable bonds is 6. The number of nitro benzene ring substituents is 1. The van der Waals surface area contributed by atoms with Gasteiger partial charge in [0.25, 0.3) is 5.69 Å². The molecule has 0 saturated carbocycles. The molecular formula is C30H24N4O8. The lowest BCUT2D eigenvalue weighted by Crippen LogP contribution is -2.57. The number of carboxylic acids is 1. The van der Waals surface area contributed by atoms with Crippen LogP contribution in [0.4, 0.5) is 11.4 Å². The molecule has 7 rings (SSSR count). The van der Waals surface area contributed by atoms with E-state index in [4.69, 9.17) is 9.47 Å². The fourth-order valence-corrected chi connectivity index (χ4v) is 6.56. The van der Waals surface area contributed by atoms with E-state index in [0.717, 1.165) is 21.9 Å². The number of hydrogen-bond donors (Lipinski definition) is 3. The molecule has 0 radical (unpaired) electrons. The first-order valence-electron chi connectivity index (χ1n) is 13.4. The smallest absolute Gasteiger partial charge is 0.325 e. The summed E-state index contributed by atoms with van der Waals surface area (Å²) in [6, 6.07) is 16.9. The summed E-state index contributed by atoms with van der Waals surface area (Å²) in [4.78, 5) is 56.5. The van der Waals surface area contributed by atoms with E-state index in [0.29, 0.717) is 35.8 Å². The largest absolute Gasteiger partial charge is 0.486 e. The van der Waals surface area contributed by atoms with Gasteiger partial charge >= 0.3 is 5.97 Å². The fraction of sp³-hybridized carbons (Fsp3) is 0.233. The van der Waals surface area contributed by atoms with E-state index in [-0.39, 0.29) is 17.8 Å². The van der Waals surface area contributed by atoms with Gasteiger partial charge in [-0.2, -0.15) is 0 Å². The van der Waals surface area contributed by atoms with Gasteiger partial charge in [-0.05, 0) is 35.4 Å². The number of carboxylic acid groups (broad SMARTS) is 1. The number of benzene rings is 3. The zero-order valence-corrected chi connectivity index (χ0v) is 22.0. The second kappa shape index (κ2) is 9.42. The predicted molar refractivity (Wildman–Crippen MR) is 148 cm³/mol. The molecule has 42 heavy (non-hydrogen) atoms. The highest BCUT2D eigenvalue weighted by Crippen LogP contribution is 2.52. The van der Waals surface area contributed by atoms with Crippen molar-refractivity contribution in [1.29, 1.82) is 0 Å². The van der Waals surface area contributed by atoms with E-state index in [1.54, 1.807) is 24.4 Å². The summed E-state index contributed by atoms with van der Waals surface area (Å²) in [5.41, 5.74) is -0.140. The molecule has 4 atom stereocenters. The average molecular weight is 569 g/mol. The maximum Gasteiger partial charge on any atom is 0.325 e. The molecule has 4 heterocycles. The van der Waals surface area contributed by atoms with Crippen molar-refractivity contribution >= 4 is 40.1 Å². The number of carbonyl (C=O) groups is 3. The first-order valence-corrected chi connectivity index (χ1v) is 13.4. The van der Waals surface area contributed by atoms with Crippen molar-refractivity contribution in [1.82, 2.24) is 10.3 Å². The molecule has 3 N–H and O–H groups in total. The van der Waals surface area contributed by atoms with E-state index < -0.39 is 46.1 Å². The quantitative estimate of drug-likeness (QED) is 0.180. The summed E-state index contributed by atoms with van der Waals surface area (Å²) in [6.45, 7) is 0.717. The molecule has 0 aliphatic carbocycles. The van der Waals surface area contributed by atoms with Crippen LogP contribution < -0.4 is 19.7 Å². The minimum atomic E-state index is -1.88. The average Bonchev–Trinajstić information content (AvgIpc) is 3.64. The molecule has 2 fully saturated rings. The number of aromatic amines is 1. The maximum atomic E-state index is 14.2. The monoisotopic (exact) mass is 568 g/mol. The van der Waals surface area contributed by atoms with Gasteiger partial charge in [-0.15, -0.1) is 0 Å². The highest BCUT2D eigenvalue weighted by molar-refractivity contribution is 6.24. The summed E-state index contributed by atoms with van der Waals surface area (Å²) in [6.07, 6.45) is 1.61. The molecular weight excluding hydrogens is 544 g/mol. The lowest BCUT2D eigenvalue weighted by atomic mass is 9.76. The van der Waals surface area contributed by atoms with Crippen LogP contribution in [0.15, 0.2) is 72.9 Å². The molecule has 12 nitrogen and oxygen atoms in total. The van der Waals surface area contributed by atoms with Crippen LogP contribution in [-0.4, -0.2) is 51.6 Å². The summed E-state index contributed by atoms with van der Waals surface area (Å²) >= 11 is 0.